The van der Waals surface area contributed by atoms with Gasteiger partial charge in [-0.1, -0.05) is 19.3 Å². The van der Waals surface area contributed by atoms with Crippen LogP contribution in [0.2, 0.25) is 0 Å². The van der Waals surface area contributed by atoms with Gasteiger partial charge in [-0.2, -0.15) is 0 Å². The van der Waals surface area contributed by atoms with Gasteiger partial charge in [-0.3, -0.25) is 0 Å². The van der Waals surface area contributed by atoms with Gasteiger partial charge in [-0.05, 0) is 64.1 Å². The highest BCUT2D eigenvalue weighted by molar-refractivity contribution is 4.87. The number of piperidine rings is 1. The van der Waals surface area contributed by atoms with Gasteiger partial charge >= 0.3 is 0 Å². The summed E-state index contributed by atoms with van der Waals surface area (Å²) in [6.07, 6.45) is 12.8. The van der Waals surface area contributed by atoms with Crippen molar-refractivity contribution in [3.63, 3.8) is 0 Å². The van der Waals surface area contributed by atoms with E-state index in [1.807, 2.05) is 0 Å². The molecule has 2 aliphatic rings. The fourth-order valence-corrected chi connectivity index (χ4v) is 3.64. The summed E-state index contributed by atoms with van der Waals surface area (Å²) in [7, 11) is 0. The molecule has 16 heavy (non-hydrogen) atoms. The van der Waals surface area contributed by atoms with Crippen molar-refractivity contribution in [1.82, 2.24) is 4.90 Å². The molecule has 0 spiro atoms. The molecule has 0 amide bonds. The maximum absolute atomic E-state index is 5.54. The molecule has 0 aromatic heterocycles. The summed E-state index contributed by atoms with van der Waals surface area (Å²) in [5, 5.41) is 0. The number of hydrogen-bond donors (Lipinski definition) is 1. The van der Waals surface area contributed by atoms with Gasteiger partial charge in [-0.15, -0.1) is 0 Å². The molecule has 2 rings (SSSR count). The fourth-order valence-electron chi connectivity index (χ4n) is 3.64. The third-order valence-electron chi connectivity index (χ3n) is 4.51. The zero-order chi connectivity index (χ0) is 11.2. The zero-order valence-corrected chi connectivity index (χ0v) is 10.7. The van der Waals surface area contributed by atoms with Crippen molar-refractivity contribution in [3.05, 3.63) is 0 Å². The lowest BCUT2D eigenvalue weighted by molar-refractivity contribution is 0.0596. The van der Waals surface area contributed by atoms with Gasteiger partial charge in [0, 0.05) is 6.04 Å². The molecule has 2 N–H and O–H groups in total. The Bertz CT molecular complexity index is 191. The molecule has 2 fully saturated rings. The maximum atomic E-state index is 5.54. The summed E-state index contributed by atoms with van der Waals surface area (Å²) in [5.41, 5.74) is 5.54. The van der Waals surface area contributed by atoms with Gasteiger partial charge in [0.05, 0.1) is 0 Å². The van der Waals surface area contributed by atoms with Crippen molar-refractivity contribution in [2.75, 3.05) is 19.6 Å². The highest BCUT2D eigenvalue weighted by Gasteiger charge is 2.32. The molecular weight excluding hydrogens is 196 g/mol. The lowest BCUT2D eigenvalue weighted by Gasteiger charge is -2.44. The van der Waals surface area contributed by atoms with Crippen LogP contribution < -0.4 is 5.73 Å². The summed E-state index contributed by atoms with van der Waals surface area (Å²) >= 11 is 0. The first kappa shape index (κ1) is 12.4. The minimum absolute atomic E-state index is 0.867. The number of rotatable bonds is 5. The highest BCUT2D eigenvalue weighted by atomic mass is 15.2. The van der Waals surface area contributed by atoms with Gasteiger partial charge in [0.25, 0.3) is 0 Å². The summed E-state index contributed by atoms with van der Waals surface area (Å²) in [5.74, 6) is 1.04. The summed E-state index contributed by atoms with van der Waals surface area (Å²) in [6, 6.07) is 0.945. The van der Waals surface area contributed by atoms with Crippen molar-refractivity contribution < 1.29 is 0 Å². The third kappa shape index (κ3) is 3.21. The molecule has 94 valence electrons. The van der Waals surface area contributed by atoms with Gasteiger partial charge in [0.15, 0.2) is 0 Å². The maximum Gasteiger partial charge on any atom is 0.0123 e. The van der Waals surface area contributed by atoms with E-state index in [0.717, 1.165) is 18.5 Å². The SMILES string of the molecule is NCCCCCN1CCCC2CCCCC21. The zero-order valence-electron chi connectivity index (χ0n) is 10.7. The molecule has 0 aromatic rings. The number of likely N-dealkylation sites (tertiary alicyclic amines) is 1. The number of nitrogens with two attached hydrogens (primary N) is 1. The second kappa shape index (κ2) is 6.61. The quantitative estimate of drug-likeness (QED) is 0.728. The largest absolute Gasteiger partial charge is 0.330 e. The fraction of sp³-hybridized carbons (Fsp3) is 1.00. The second-order valence-electron chi connectivity index (χ2n) is 5.64. The van der Waals surface area contributed by atoms with E-state index in [-0.39, 0.29) is 0 Å². The van der Waals surface area contributed by atoms with E-state index >= 15 is 0 Å². The van der Waals surface area contributed by atoms with E-state index < -0.39 is 0 Å². The van der Waals surface area contributed by atoms with Gasteiger partial charge < -0.3 is 10.6 Å². The molecule has 0 bridgehead atoms. The van der Waals surface area contributed by atoms with Crippen LogP contribution >= 0.6 is 0 Å². The smallest absolute Gasteiger partial charge is 0.0123 e. The minimum atomic E-state index is 0.867. The third-order valence-corrected chi connectivity index (χ3v) is 4.51. The van der Waals surface area contributed by atoms with Crippen LogP contribution in [0, 0.1) is 5.92 Å². The van der Waals surface area contributed by atoms with E-state index in [1.54, 1.807) is 0 Å². The lowest BCUT2D eigenvalue weighted by Crippen LogP contribution is -2.47. The van der Waals surface area contributed by atoms with Crippen LogP contribution in [0.5, 0.6) is 0 Å². The van der Waals surface area contributed by atoms with E-state index in [9.17, 15) is 0 Å². The normalized spacial score (nSPS) is 31.3. The topological polar surface area (TPSA) is 29.3 Å². The van der Waals surface area contributed by atoms with Crippen molar-refractivity contribution in [1.29, 1.82) is 0 Å². The molecule has 2 nitrogen and oxygen atoms in total. The lowest BCUT2D eigenvalue weighted by atomic mass is 9.78. The van der Waals surface area contributed by atoms with Crippen LogP contribution in [0.1, 0.15) is 57.8 Å². The number of unbranched alkanes of at least 4 members (excludes halogenated alkanes) is 2. The standard InChI is InChI=1S/C14H28N2/c15-10-4-1-5-11-16-12-6-8-13-7-2-3-9-14(13)16/h13-14H,1-12,15H2. The van der Waals surface area contributed by atoms with Crippen LogP contribution in [-0.4, -0.2) is 30.6 Å². The van der Waals surface area contributed by atoms with Crippen molar-refractivity contribution in [3.8, 4) is 0 Å². The van der Waals surface area contributed by atoms with Crippen molar-refractivity contribution >= 4 is 0 Å². The monoisotopic (exact) mass is 224 g/mol. The molecule has 0 aromatic carbocycles. The Hall–Kier alpha value is -0.0800. The van der Waals surface area contributed by atoms with Gasteiger partial charge in [-0.25, -0.2) is 0 Å². The van der Waals surface area contributed by atoms with Gasteiger partial charge in [0.1, 0.15) is 0 Å². The van der Waals surface area contributed by atoms with Crippen LogP contribution in [0.25, 0.3) is 0 Å². The molecule has 0 radical (unpaired) electrons. The average molecular weight is 224 g/mol. The molecule has 2 heteroatoms. The Morgan fingerprint density at radius 2 is 1.75 bits per heavy atom. The van der Waals surface area contributed by atoms with E-state index in [4.69, 9.17) is 5.73 Å². The van der Waals surface area contributed by atoms with Crippen LogP contribution in [0.3, 0.4) is 0 Å². The Balaban J connectivity index is 1.74. The minimum Gasteiger partial charge on any atom is -0.330 e. The number of hydrogen-bond acceptors (Lipinski definition) is 2. The first-order valence-electron chi connectivity index (χ1n) is 7.36. The Morgan fingerprint density at radius 3 is 2.62 bits per heavy atom. The van der Waals surface area contributed by atoms with E-state index in [0.29, 0.717) is 0 Å². The highest BCUT2D eigenvalue weighted by Crippen LogP contribution is 2.35. The molecule has 1 heterocycles. The Labute approximate surface area is 101 Å². The van der Waals surface area contributed by atoms with Gasteiger partial charge in [0.2, 0.25) is 0 Å². The number of fused-ring (bicyclic) bond motifs is 1. The Kier molecular flexibility index (Phi) is 5.11. The predicted octanol–water partition coefficient (Wildman–Crippen LogP) is 2.77. The van der Waals surface area contributed by atoms with Crippen molar-refractivity contribution in [2.24, 2.45) is 11.7 Å². The molecular formula is C14H28N2. The molecule has 1 aliphatic carbocycles. The number of nitrogens with zero attached hydrogens (tertiary/aromatic N) is 1. The Morgan fingerprint density at radius 1 is 0.938 bits per heavy atom. The summed E-state index contributed by atoms with van der Waals surface area (Å²) in [6.45, 7) is 3.57. The first-order chi connectivity index (χ1) is 7.92. The van der Waals surface area contributed by atoms with Crippen LogP contribution in [0.4, 0.5) is 0 Å². The van der Waals surface area contributed by atoms with E-state index in [1.165, 1.54) is 70.9 Å². The molecule has 2 unspecified atom stereocenters. The van der Waals surface area contributed by atoms with E-state index in [2.05, 4.69) is 4.90 Å². The molecule has 2 atom stereocenters. The first-order valence-corrected chi connectivity index (χ1v) is 7.36. The second-order valence-corrected chi connectivity index (χ2v) is 5.64. The molecule has 1 aliphatic heterocycles. The predicted molar refractivity (Wildman–Crippen MR) is 69.5 cm³/mol. The van der Waals surface area contributed by atoms with Crippen molar-refractivity contribution in [2.45, 2.75) is 63.8 Å². The average Bonchev–Trinajstić information content (AvgIpc) is 2.35. The summed E-state index contributed by atoms with van der Waals surface area (Å²) < 4.78 is 0. The van der Waals surface area contributed by atoms with Crippen LogP contribution in [-0.2, 0) is 0 Å². The summed E-state index contributed by atoms with van der Waals surface area (Å²) in [4.78, 5) is 2.80. The molecule has 1 saturated carbocycles. The molecule has 1 saturated heterocycles. The van der Waals surface area contributed by atoms with Crippen LogP contribution in [0.15, 0.2) is 0 Å².